The SMILES string of the molecule is O=C(O)/C(=C/c1ccc(OCCn2ccc3ccccc32)cc1)Oc1ccc2ccccc2c1. The molecule has 4 aromatic carbocycles. The minimum atomic E-state index is -1.13. The van der Waals surface area contributed by atoms with Crippen molar-refractivity contribution in [1.82, 2.24) is 4.57 Å². The maximum absolute atomic E-state index is 11.8. The third-order valence-electron chi connectivity index (χ3n) is 5.62. The van der Waals surface area contributed by atoms with E-state index < -0.39 is 5.97 Å². The summed E-state index contributed by atoms with van der Waals surface area (Å²) < 4.78 is 13.7. The van der Waals surface area contributed by atoms with Crippen LogP contribution < -0.4 is 9.47 Å². The van der Waals surface area contributed by atoms with Gasteiger partial charge in [-0.1, -0.05) is 60.7 Å². The zero-order valence-electron chi connectivity index (χ0n) is 18.4. The second-order valence-corrected chi connectivity index (χ2v) is 7.91. The molecular weight excluding hydrogens is 426 g/mol. The number of benzene rings is 4. The predicted octanol–water partition coefficient (Wildman–Crippen LogP) is 6.38. The highest BCUT2D eigenvalue weighted by atomic mass is 16.5. The molecule has 0 saturated carbocycles. The average molecular weight is 450 g/mol. The Labute approximate surface area is 197 Å². The number of carboxylic acid groups (broad SMARTS) is 1. The van der Waals surface area contributed by atoms with Gasteiger partial charge in [-0.2, -0.15) is 0 Å². The number of fused-ring (bicyclic) bond motifs is 2. The monoisotopic (exact) mass is 449 g/mol. The van der Waals surface area contributed by atoms with Gasteiger partial charge in [-0.15, -0.1) is 0 Å². The number of aliphatic carboxylic acids is 1. The minimum Gasteiger partial charge on any atom is -0.492 e. The van der Waals surface area contributed by atoms with E-state index >= 15 is 0 Å². The van der Waals surface area contributed by atoms with E-state index in [1.807, 2.05) is 72.8 Å². The molecule has 1 heterocycles. The Morgan fingerprint density at radius 1 is 0.794 bits per heavy atom. The Morgan fingerprint density at radius 3 is 2.29 bits per heavy atom. The van der Waals surface area contributed by atoms with Crippen molar-refractivity contribution in [2.75, 3.05) is 6.61 Å². The van der Waals surface area contributed by atoms with Crippen LogP contribution in [0.25, 0.3) is 27.8 Å². The van der Waals surface area contributed by atoms with E-state index in [2.05, 4.69) is 29.0 Å². The third-order valence-corrected chi connectivity index (χ3v) is 5.62. The summed E-state index contributed by atoms with van der Waals surface area (Å²) in [7, 11) is 0. The van der Waals surface area contributed by atoms with Crippen LogP contribution in [0.1, 0.15) is 5.56 Å². The van der Waals surface area contributed by atoms with E-state index in [0.29, 0.717) is 17.9 Å². The Bertz CT molecular complexity index is 1480. The standard InChI is InChI=1S/C29H23NO4/c31-29(32)28(34-26-14-11-22-5-1-2-7-24(22)20-26)19-21-9-12-25(13-10-21)33-18-17-30-16-15-23-6-3-4-8-27(23)30/h1-16,19-20H,17-18H2,(H,31,32)/b28-19-. The van der Waals surface area contributed by atoms with E-state index in [4.69, 9.17) is 9.47 Å². The molecule has 0 fully saturated rings. The quantitative estimate of drug-likeness (QED) is 0.221. The smallest absolute Gasteiger partial charge is 0.371 e. The first-order chi connectivity index (χ1) is 16.7. The van der Waals surface area contributed by atoms with Crippen LogP contribution in [0, 0.1) is 0 Å². The van der Waals surface area contributed by atoms with Crippen molar-refractivity contribution >= 4 is 33.7 Å². The fourth-order valence-electron chi connectivity index (χ4n) is 3.90. The van der Waals surface area contributed by atoms with Crippen LogP contribution in [0.4, 0.5) is 0 Å². The van der Waals surface area contributed by atoms with Crippen molar-refractivity contribution in [3.8, 4) is 11.5 Å². The molecule has 0 aliphatic heterocycles. The Morgan fingerprint density at radius 2 is 1.50 bits per heavy atom. The molecule has 0 spiro atoms. The van der Waals surface area contributed by atoms with Crippen LogP contribution in [0.3, 0.4) is 0 Å². The molecule has 0 unspecified atom stereocenters. The van der Waals surface area contributed by atoms with E-state index in [9.17, 15) is 9.90 Å². The topological polar surface area (TPSA) is 60.7 Å². The van der Waals surface area contributed by atoms with Crippen molar-refractivity contribution < 1.29 is 19.4 Å². The van der Waals surface area contributed by atoms with Crippen molar-refractivity contribution in [3.63, 3.8) is 0 Å². The Hall–Kier alpha value is -4.51. The van der Waals surface area contributed by atoms with Gasteiger partial charge in [-0.3, -0.25) is 0 Å². The van der Waals surface area contributed by atoms with Gasteiger partial charge in [0, 0.05) is 11.7 Å². The first-order valence-electron chi connectivity index (χ1n) is 11.0. The highest BCUT2D eigenvalue weighted by Gasteiger charge is 2.11. The number of hydrogen-bond donors (Lipinski definition) is 1. The average Bonchev–Trinajstić information content (AvgIpc) is 3.27. The van der Waals surface area contributed by atoms with E-state index in [0.717, 1.165) is 23.1 Å². The normalized spacial score (nSPS) is 11.6. The fraction of sp³-hybridized carbons (Fsp3) is 0.0690. The number of hydrogen-bond acceptors (Lipinski definition) is 3. The van der Waals surface area contributed by atoms with Gasteiger partial charge in [0.1, 0.15) is 18.1 Å². The molecule has 5 heteroatoms. The van der Waals surface area contributed by atoms with Crippen molar-refractivity contribution in [2.24, 2.45) is 0 Å². The minimum absolute atomic E-state index is 0.150. The Kier molecular flexibility index (Phi) is 5.99. The van der Waals surface area contributed by atoms with Crippen molar-refractivity contribution in [1.29, 1.82) is 0 Å². The van der Waals surface area contributed by atoms with Crippen molar-refractivity contribution in [3.05, 3.63) is 115 Å². The summed E-state index contributed by atoms with van der Waals surface area (Å²) in [6, 6.07) is 31.0. The van der Waals surface area contributed by atoms with Crippen molar-refractivity contribution in [2.45, 2.75) is 6.54 Å². The summed E-state index contributed by atoms with van der Waals surface area (Å²) in [4.78, 5) is 11.8. The molecule has 0 bridgehead atoms. The second kappa shape index (κ2) is 9.55. The van der Waals surface area contributed by atoms with Crippen LogP contribution in [-0.2, 0) is 11.3 Å². The van der Waals surface area contributed by atoms with Gasteiger partial charge in [0.2, 0.25) is 5.76 Å². The molecule has 34 heavy (non-hydrogen) atoms. The van der Waals surface area contributed by atoms with E-state index in [1.165, 1.54) is 17.0 Å². The molecule has 0 aliphatic rings. The number of para-hydroxylation sites is 1. The predicted molar refractivity (Wildman–Crippen MR) is 134 cm³/mol. The highest BCUT2D eigenvalue weighted by molar-refractivity contribution is 5.91. The molecule has 168 valence electrons. The molecule has 5 rings (SSSR count). The first-order valence-corrected chi connectivity index (χ1v) is 11.0. The van der Waals surface area contributed by atoms with Crippen LogP contribution >= 0.6 is 0 Å². The lowest BCUT2D eigenvalue weighted by Crippen LogP contribution is -2.08. The lowest BCUT2D eigenvalue weighted by Gasteiger charge is -2.09. The molecular formula is C29H23NO4. The molecule has 0 amide bonds. The van der Waals surface area contributed by atoms with Gasteiger partial charge in [0.25, 0.3) is 0 Å². The van der Waals surface area contributed by atoms with E-state index in [-0.39, 0.29) is 5.76 Å². The number of nitrogens with zero attached hydrogens (tertiary/aromatic N) is 1. The summed E-state index contributed by atoms with van der Waals surface area (Å²) in [6.45, 7) is 1.26. The molecule has 0 atom stereocenters. The van der Waals surface area contributed by atoms with Gasteiger partial charge in [-0.25, -0.2) is 4.79 Å². The highest BCUT2D eigenvalue weighted by Crippen LogP contribution is 2.23. The number of ether oxygens (including phenoxy) is 2. The number of carbonyl (C=O) groups is 1. The molecule has 0 saturated heterocycles. The summed E-state index contributed by atoms with van der Waals surface area (Å²) in [5, 5.41) is 12.9. The summed E-state index contributed by atoms with van der Waals surface area (Å²) in [6.07, 6.45) is 3.57. The van der Waals surface area contributed by atoms with Crippen LogP contribution in [0.2, 0.25) is 0 Å². The first kappa shape index (κ1) is 21.3. The maximum atomic E-state index is 11.8. The van der Waals surface area contributed by atoms with Gasteiger partial charge in [0.05, 0.1) is 6.54 Å². The molecule has 1 N–H and O–H groups in total. The fourth-order valence-corrected chi connectivity index (χ4v) is 3.90. The number of carboxylic acids is 1. The van der Waals surface area contributed by atoms with E-state index in [1.54, 1.807) is 6.07 Å². The Balaban J connectivity index is 1.24. The molecule has 0 aliphatic carbocycles. The summed E-state index contributed by atoms with van der Waals surface area (Å²) >= 11 is 0. The lowest BCUT2D eigenvalue weighted by atomic mass is 10.1. The zero-order chi connectivity index (χ0) is 23.3. The molecule has 5 aromatic rings. The summed E-state index contributed by atoms with van der Waals surface area (Å²) in [5.74, 6) is -0.0818. The lowest BCUT2D eigenvalue weighted by molar-refractivity contribution is -0.134. The molecule has 1 aromatic heterocycles. The van der Waals surface area contributed by atoms with Crippen LogP contribution in [-0.4, -0.2) is 22.2 Å². The van der Waals surface area contributed by atoms with Gasteiger partial charge in [-0.05, 0) is 64.2 Å². The number of aromatic nitrogens is 1. The van der Waals surface area contributed by atoms with Gasteiger partial charge >= 0.3 is 5.97 Å². The van der Waals surface area contributed by atoms with Crippen LogP contribution in [0.5, 0.6) is 11.5 Å². The van der Waals surface area contributed by atoms with Gasteiger partial charge < -0.3 is 19.1 Å². The van der Waals surface area contributed by atoms with Crippen LogP contribution in [0.15, 0.2) is 109 Å². The molecule has 5 nitrogen and oxygen atoms in total. The third kappa shape index (κ3) is 4.79. The maximum Gasteiger partial charge on any atom is 0.371 e. The van der Waals surface area contributed by atoms with Gasteiger partial charge in [0.15, 0.2) is 0 Å². The zero-order valence-corrected chi connectivity index (χ0v) is 18.4. The largest absolute Gasteiger partial charge is 0.492 e. The number of rotatable bonds is 8. The summed E-state index contributed by atoms with van der Waals surface area (Å²) in [5.41, 5.74) is 1.89. The molecule has 0 radical (unpaired) electrons. The second-order valence-electron chi connectivity index (χ2n) is 7.91.